The van der Waals surface area contributed by atoms with Gasteiger partial charge in [0.25, 0.3) is 5.91 Å². The van der Waals surface area contributed by atoms with Crippen LogP contribution in [0.2, 0.25) is 0 Å². The summed E-state index contributed by atoms with van der Waals surface area (Å²) in [6, 6.07) is 4.16. The van der Waals surface area contributed by atoms with Crippen LogP contribution in [-0.4, -0.2) is 17.4 Å². The molecule has 0 saturated carbocycles. The summed E-state index contributed by atoms with van der Waals surface area (Å²) < 4.78 is 13.7. The Kier molecular flexibility index (Phi) is 4.82. The number of nitrogens with two attached hydrogens (primary N) is 1. The first kappa shape index (κ1) is 14.2. The second-order valence-electron chi connectivity index (χ2n) is 3.81. The van der Waals surface area contributed by atoms with Gasteiger partial charge in [0, 0.05) is 17.1 Å². The topological polar surface area (TPSA) is 68.0 Å². The lowest BCUT2D eigenvalue weighted by atomic mass is 10.1. The molecule has 2 aromatic rings. The fraction of sp³-hybridized carbons (Fsp3) is 0.143. The van der Waals surface area contributed by atoms with E-state index in [-0.39, 0.29) is 23.6 Å². The highest BCUT2D eigenvalue weighted by atomic mass is 32.1. The van der Waals surface area contributed by atoms with E-state index in [2.05, 4.69) is 22.1 Å². The zero-order chi connectivity index (χ0) is 14.4. The predicted octanol–water partition coefficient (Wildman–Crippen LogP) is 1.52. The third-order valence-corrected chi connectivity index (χ3v) is 3.22. The van der Waals surface area contributed by atoms with Crippen molar-refractivity contribution < 1.29 is 9.18 Å². The van der Waals surface area contributed by atoms with Crippen LogP contribution in [0.3, 0.4) is 0 Å². The van der Waals surface area contributed by atoms with Crippen LogP contribution in [0.4, 0.5) is 4.39 Å². The average molecular weight is 289 g/mol. The largest absolute Gasteiger partial charge is 0.346 e. The summed E-state index contributed by atoms with van der Waals surface area (Å²) in [6.45, 7) is 0.488. The summed E-state index contributed by atoms with van der Waals surface area (Å²) in [5.41, 5.74) is 5.70. The van der Waals surface area contributed by atoms with Crippen molar-refractivity contribution in [3.8, 4) is 11.8 Å². The smallest absolute Gasteiger partial charge is 0.251 e. The highest BCUT2D eigenvalue weighted by molar-refractivity contribution is 7.09. The van der Waals surface area contributed by atoms with Gasteiger partial charge in [-0.3, -0.25) is 4.79 Å². The third kappa shape index (κ3) is 3.63. The molecule has 3 N–H and O–H groups in total. The molecule has 4 nitrogen and oxygen atoms in total. The maximum atomic E-state index is 13.7. The Bertz CT molecular complexity index is 659. The lowest BCUT2D eigenvalue weighted by Gasteiger charge is -2.04. The van der Waals surface area contributed by atoms with Gasteiger partial charge >= 0.3 is 0 Å². The van der Waals surface area contributed by atoms with Crippen LogP contribution in [-0.2, 0) is 6.54 Å². The summed E-state index contributed by atoms with van der Waals surface area (Å²) >= 11 is 1.44. The fourth-order valence-electron chi connectivity index (χ4n) is 1.50. The number of hydrogen-bond acceptors (Lipinski definition) is 4. The summed E-state index contributed by atoms with van der Waals surface area (Å²) in [4.78, 5) is 15.9. The third-order valence-electron chi connectivity index (χ3n) is 2.44. The van der Waals surface area contributed by atoms with Crippen LogP contribution in [0, 0.1) is 17.7 Å². The minimum atomic E-state index is -0.534. The number of halogens is 1. The van der Waals surface area contributed by atoms with E-state index >= 15 is 0 Å². The minimum absolute atomic E-state index is 0.162. The van der Waals surface area contributed by atoms with Crippen molar-refractivity contribution in [2.45, 2.75) is 6.54 Å². The van der Waals surface area contributed by atoms with Crippen LogP contribution >= 0.6 is 11.3 Å². The van der Waals surface area contributed by atoms with E-state index in [1.54, 1.807) is 6.20 Å². The number of benzene rings is 1. The van der Waals surface area contributed by atoms with Gasteiger partial charge in [-0.05, 0) is 18.2 Å². The van der Waals surface area contributed by atoms with E-state index in [1.165, 1.54) is 23.5 Å². The molecular formula is C14H12FN3OS. The first-order valence-corrected chi connectivity index (χ1v) is 6.73. The molecule has 1 aromatic heterocycles. The van der Waals surface area contributed by atoms with Crippen molar-refractivity contribution in [1.82, 2.24) is 10.3 Å². The fourth-order valence-corrected chi connectivity index (χ4v) is 2.06. The van der Waals surface area contributed by atoms with E-state index in [0.717, 1.165) is 11.1 Å². The second-order valence-corrected chi connectivity index (χ2v) is 4.79. The molecule has 1 amide bonds. The molecule has 0 aliphatic heterocycles. The van der Waals surface area contributed by atoms with Crippen molar-refractivity contribution in [3.63, 3.8) is 0 Å². The molecule has 1 heterocycles. The summed E-state index contributed by atoms with van der Waals surface area (Å²) in [7, 11) is 0. The summed E-state index contributed by atoms with van der Waals surface area (Å²) in [5.74, 6) is 4.29. The quantitative estimate of drug-likeness (QED) is 0.842. The summed E-state index contributed by atoms with van der Waals surface area (Å²) in [5, 5.41) is 5.30. The molecule has 0 unspecified atom stereocenters. The number of rotatable bonds is 3. The number of amides is 1. The molecule has 0 spiro atoms. The first-order valence-electron chi connectivity index (χ1n) is 5.86. The van der Waals surface area contributed by atoms with Gasteiger partial charge in [0.05, 0.1) is 18.7 Å². The van der Waals surface area contributed by atoms with Gasteiger partial charge in [-0.1, -0.05) is 11.8 Å². The zero-order valence-corrected chi connectivity index (χ0v) is 11.3. The van der Waals surface area contributed by atoms with Gasteiger partial charge in [0.15, 0.2) is 0 Å². The standard InChI is InChI=1S/C14H12FN3OS/c15-12-8-11(4-3-10(12)2-1-5-16)14(19)18-9-13-17-6-7-20-13/h3-4,6-8H,5,9,16H2,(H,18,19). The van der Waals surface area contributed by atoms with Crippen molar-refractivity contribution in [1.29, 1.82) is 0 Å². The molecule has 0 bridgehead atoms. The van der Waals surface area contributed by atoms with Crippen LogP contribution in [0.25, 0.3) is 0 Å². The Morgan fingerprint density at radius 1 is 1.50 bits per heavy atom. The minimum Gasteiger partial charge on any atom is -0.346 e. The molecule has 1 aromatic carbocycles. The zero-order valence-electron chi connectivity index (χ0n) is 10.5. The van der Waals surface area contributed by atoms with E-state index < -0.39 is 5.82 Å². The number of thiazole rings is 1. The Labute approximate surface area is 119 Å². The first-order chi connectivity index (χ1) is 9.70. The number of hydrogen-bond donors (Lipinski definition) is 2. The molecule has 0 saturated heterocycles. The van der Waals surface area contributed by atoms with Gasteiger partial charge in [-0.2, -0.15) is 0 Å². The number of nitrogens with one attached hydrogen (secondary N) is 1. The molecule has 6 heteroatoms. The molecule has 0 aliphatic carbocycles. The van der Waals surface area contributed by atoms with Gasteiger partial charge in [-0.15, -0.1) is 11.3 Å². The monoisotopic (exact) mass is 289 g/mol. The highest BCUT2D eigenvalue weighted by Gasteiger charge is 2.09. The van der Waals surface area contributed by atoms with Crippen molar-refractivity contribution >= 4 is 17.2 Å². The van der Waals surface area contributed by atoms with Gasteiger partial charge in [-0.25, -0.2) is 9.37 Å². The normalized spacial score (nSPS) is 9.70. The molecule has 0 atom stereocenters. The van der Waals surface area contributed by atoms with Crippen molar-refractivity contribution in [3.05, 3.63) is 51.7 Å². The van der Waals surface area contributed by atoms with Gasteiger partial charge < -0.3 is 11.1 Å². The molecule has 0 fully saturated rings. The molecule has 0 radical (unpaired) electrons. The van der Waals surface area contributed by atoms with Gasteiger partial charge in [0.2, 0.25) is 0 Å². The molecular weight excluding hydrogens is 277 g/mol. The Morgan fingerprint density at radius 2 is 2.35 bits per heavy atom. The van der Waals surface area contributed by atoms with E-state index in [0.29, 0.717) is 6.54 Å². The number of carbonyl (C=O) groups excluding carboxylic acids is 1. The van der Waals surface area contributed by atoms with Crippen molar-refractivity contribution in [2.24, 2.45) is 5.73 Å². The van der Waals surface area contributed by atoms with E-state index in [4.69, 9.17) is 5.73 Å². The number of carbonyl (C=O) groups is 1. The Morgan fingerprint density at radius 3 is 3.00 bits per heavy atom. The molecule has 2 rings (SSSR count). The molecule has 20 heavy (non-hydrogen) atoms. The van der Waals surface area contributed by atoms with Crippen LogP contribution < -0.4 is 11.1 Å². The highest BCUT2D eigenvalue weighted by Crippen LogP contribution is 2.10. The van der Waals surface area contributed by atoms with E-state index in [1.807, 2.05) is 5.38 Å². The van der Waals surface area contributed by atoms with Crippen LogP contribution in [0.1, 0.15) is 20.9 Å². The lowest BCUT2D eigenvalue weighted by molar-refractivity contribution is 0.0950. The molecule has 102 valence electrons. The molecule has 0 aliphatic rings. The second kappa shape index (κ2) is 6.80. The van der Waals surface area contributed by atoms with Crippen molar-refractivity contribution in [2.75, 3.05) is 6.54 Å². The van der Waals surface area contributed by atoms with E-state index in [9.17, 15) is 9.18 Å². The predicted molar refractivity (Wildman–Crippen MR) is 75.6 cm³/mol. The summed E-state index contributed by atoms with van der Waals surface area (Å²) in [6.07, 6.45) is 1.66. The van der Waals surface area contributed by atoms with Gasteiger partial charge in [0.1, 0.15) is 10.8 Å². The Balaban J connectivity index is 2.05. The number of aromatic nitrogens is 1. The average Bonchev–Trinajstić information content (AvgIpc) is 2.96. The maximum Gasteiger partial charge on any atom is 0.251 e. The maximum absolute atomic E-state index is 13.7. The van der Waals surface area contributed by atoms with Crippen LogP contribution in [0.5, 0.6) is 0 Å². The van der Waals surface area contributed by atoms with Crippen LogP contribution in [0.15, 0.2) is 29.8 Å². The SMILES string of the molecule is NCC#Cc1ccc(C(=O)NCc2nccs2)cc1F. The lowest BCUT2D eigenvalue weighted by Crippen LogP contribution is -2.22. The number of nitrogens with zero attached hydrogens (tertiary/aromatic N) is 1. The Hall–Kier alpha value is -2.23.